The molecule has 0 radical (unpaired) electrons. The van der Waals surface area contributed by atoms with Gasteiger partial charge >= 0.3 is 0 Å². The number of hydrogen-bond acceptors (Lipinski definition) is 13. The van der Waals surface area contributed by atoms with Crippen LogP contribution >= 0.6 is 0 Å². The van der Waals surface area contributed by atoms with Crippen molar-refractivity contribution in [2.24, 2.45) is 50.2 Å². The molecule has 20 atom stereocenters. The van der Waals surface area contributed by atoms with Crippen LogP contribution < -0.4 is 0 Å². The molecule has 2 heterocycles. The van der Waals surface area contributed by atoms with Crippen molar-refractivity contribution >= 4 is 0 Å². The monoisotopic (exact) mass is 796 g/mol. The van der Waals surface area contributed by atoms with Gasteiger partial charge in [0, 0.05) is 18.4 Å². The SMILES string of the molecule is COC1C=C2C3CC(C)(C)CCC3(CO)C(O)CC2(C)C2(C)CCC3C(C)(C)C(OC4OC(C)C(O)C(OC5OC(CO)C(O)C(O)C5O)C4O)CCC3(C)C12. The van der Waals surface area contributed by atoms with Gasteiger partial charge in [-0.1, -0.05) is 60.1 Å². The molecule has 13 heteroatoms. The molecule has 56 heavy (non-hydrogen) atoms. The van der Waals surface area contributed by atoms with E-state index < -0.39 is 79.5 Å². The lowest BCUT2D eigenvalue weighted by atomic mass is 9.33. The Balaban J connectivity index is 1.15. The standard InChI is InChI=1S/C43H72O13/c1-21-29(47)34(56-36-32(50)31(49)30(48)25(19-44)54-36)33(51)37(53-21)55-28-11-12-40(6)26(39(28,4)5)10-13-41(7)35(40)24(52-9)16-22-23-17-38(2,3)14-15-43(23,20-45)27(46)18-42(22,41)8/h16,21,23-37,44-51H,10-15,17-20H2,1-9H3. The maximum absolute atomic E-state index is 12.1. The Kier molecular flexibility index (Phi) is 11.4. The lowest BCUT2D eigenvalue weighted by molar-refractivity contribution is -0.367. The first-order chi connectivity index (χ1) is 26.1. The summed E-state index contributed by atoms with van der Waals surface area (Å²) >= 11 is 0. The Morgan fingerprint density at radius 2 is 1.43 bits per heavy atom. The molecule has 0 aromatic heterocycles. The van der Waals surface area contributed by atoms with Gasteiger partial charge in [0.1, 0.15) is 42.7 Å². The third-order valence-electron chi connectivity index (χ3n) is 17.5. The quantitative estimate of drug-likeness (QED) is 0.138. The summed E-state index contributed by atoms with van der Waals surface area (Å²) in [6.45, 7) is 17.3. The molecule has 0 spiro atoms. The second-order valence-corrected chi connectivity index (χ2v) is 21.2. The second-order valence-electron chi connectivity index (χ2n) is 21.2. The van der Waals surface area contributed by atoms with Gasteiger partial charge in [0.05, 0.1) is 37.6 Å². The van der Waals surface area contributed by atoms with E-state index >= 15 is 0 Å². The van der Waals surface area contributed by atoms with Crippen LogP contribution in [0.25, 0.3) is 0 Å². The van der Waals surface area contributed by atoms with E-state index in [0.29, 0.717) is 12.8 Å². The molecule has 8 N–H and O–H groups in total. The van der Waals surface area contributed by atoms with Crippen molar-refractivity contribution in [3.8, 4) is 0 Å². The van der Waals surface area contributed by atoms with Crippen LogP contribution in [-0.4, -0.2) is 141 Å². The van der Waals surface area contributed by atoms with E-state index in [1.165, 1.54) is 5.57 Å². The van der Waals surface area contributed by atoms with E-state index in [1.807, 2.05) is 7.11 Å². The Morgan fingerprint density at radius 3 is 2.07 bits per heavy atom. The number of methoxy groups -OCH3 is 1. The summed E-state index contributed by atoms with van der Waals surface area (Å²) in [7, 11) is 1.82. The number of hydrogen-bond donors (Lipinski definition) is 8. The predicted molar refractivity (Wildman–Crippen MR) is 204 cm³/mol. The first kappa shape index (κ1) is 43.3. The van der Waals surface area contributed by atoms with E-state index in [-0.39, 0.29) is 63.6 Å². The number of fused-ring (bicyclic) bond motifs is 7. The van der Waals surface area contributed by atoms with Gasteiger partial charge in [-0.25, -0.2) is 0 Å². The molecule has 0 aromatic carbocycles. The number of aliphatic hydroxyl groups excluding tert-OH is 8. The molecule has 2 saturated heterocycles. The molecule has 0 aromatic rings. The van der Waals surface area contributed by atoms with E-state index in [9.17, 15) is 40.9 Å². The molecule has 6 fully saturated rings. The fourth-order valence-corrected chi connectivity index (χ4v) is 14.0. The van der Waals surface area contributed by atoms with Gasteiger partial charge in [0.2, 0.25) is 0 Å². The number of aliphatic hydroxyl groups is 8. The highest BCUT2D eigenvalue weighted by atomic mass is 16.7. The fraction of sp³-hybridized carbons (Fsp3) is 0.953. The minimum atomic E-state index is -1.70. The van der Waals surface area contributed by atoms with Crippen LogP contribution in [0.5, 0.6) is 0 Å². The van der Waals surface area contributed by atoms with Gasteiger partial charge in [-0.15, -0.1) is 0 Å². The van der Waals surface area contributed by atoms with Gasteiger partial charge in [0.15, 0.2) is 12.6 Å². The number of allylic oxidation sites excluding steroid dienone is 1. The molecular weight excluding hydrogens is 724 g/mol. The average Bonchev–Trinajstić information content (AvgIpc) is 3.13. The molecule has 7 rings (SSSR count). The van der Waals surface area contributed by atoms with Crippen molar-refractivity contribution in [1.82, 2.24) is 0 Å². The highest BCUT2D eigenvalue weighted by molar-refractivity contribution is 5.37. The third kappa shape index (κ3) is 6.26. The van der Waals surface area contributed by atoms with Crippen LogP contribution in [0, 0.1) is 50.2 Å². The van der Waals surface area contributed by atoms with Crippen molar-refractivity contribution in [3.63, 3.8) is 0 Å². The van der Waals surface area contributed by atoms with Crippen LogP contribution in [0.1, 0.15) is 107 Å². The fourth-order valence-electron chi connectivity index (χ4n) is 14.0. The largest absolute Gasteiger partial charge is 0.396 e. The summed E-state index contributed by atoms with van der Waals surface area (Å²) in [5, 5.41) is 86.7. The zero-order valence-electron chi connectivity index (χ0n) is 35.0. The van der Waals surface area contributed by atoms with Gasteiger partial charge < -0.3 is 64.5 Å². The van der Waals surface area contributed by atoms with Gasteiger partial charge in [-0.2, -0.15) is 0 Å². The minimum absolute atomic E-state index is 0.0206. The lowest BCUT2D eigenvalue weighted by Gasteiger charge is -2.73. The van der Waals surface area contributed by atoms with Gasteiger partial charge in [-0.05, 0) is 97.2 Å². The Hall–Kier alpha value is -0.780. The molecule has 0 amide bonds. The van der Waals surface area contributed by atoms with E-state index in [2.05, 4.69) is 54.5 Å². The van der Waals surface area contributed by atoms with Crippen LogP contribution in [-0.2, 0) is 23.7 Å². The van der Waals surface area contributed by atoms with E-state index in [1.54, 1.807) is 6.92 Å². The summed E-state index contributed by atoms with van der Waals surface area (Å²) in [5.74, 6) is 0.413. The Labute approximate surface area is 332 Å². The number of rotatable bonds is 7. The van der Waals surface area contributed by atoms with Crippen molar-refractivity contribution < 1.29 is 64.5 Å². The summed E-state index contributed by atoms with van der Waals surface area (Å²) < 4.78 is 30.8. The lowest BCUT2D eigenvalue weighted by Crippen LogP contribution is -2.69. The molecule has 322 valence electrons. The highest BCUT2D eigenvalue weighted by Gasteiger charge is 2.72. The van der Waals surface area contributed by atoms with Crippen LogP contribution in [0.4, 0.5) is 0 Å². The predicted octanol–water partition coefficient (Wildman–Crippen LogP) is 2.41. The van der Waals surface area contributed by atoms with Gasteiger partial charge in [0.25, 0.3) is 0 Å². The maximum Gasteiger partial charge on any atom is 0.187 e. The average molecular weight is 797 g/mol. The topological polar surface area (TPSA) is 208 Å². The Bertz CT molecular complexity index is 1470. The third-order valence-corrected chi connectivity index (χ3v) is 17.5. The molecule has 4 saturated carbocycles. The molecule has 5 aliphatic carbocycles. The first-order valence-corrected chi connectivity index (χ1v) is 21.2. The summed E-state index contributed by atoms with van der Waals surface area (Å²) in [6, 6.07) is 0. The van der Waals surface area contributed by atoms with Crippen molar-refractivity contribution in [2.75, 3.05) is 20.3 Å². The Morgan fingerprint density at radius 1 is 0.750 bits per heavy atom. The second kappa shape index (κ2) is 14.7. The smallest absolute Gasteiger partial charge is 0.187 e. The van der Waals surface area contributed by atoms with Crippen molar-refractivity contribution in [1.29, 1.82) is 0 Å². The zero-order chi connectivity index (χ0) is 41.1. The van der Waals surface area contributed by atoms with Crippen LogP contribution in [0.3, 0.4) is 0 Å². The molecule has 2 aliphatic heterocycles. The summed E-state index contributed by atoms with van der Waals surface area (Å²) in [4.78, 5) is 0. The summed E-state index contributed by atoms with van der Waals surface area (Å²) in [6.07, 6.45) is -5.92. The molecule has 20 unspecified atom stereocenters. The highest BCUT2D eigenvalue weighted by Crippen LogP contribution is 2.76. The van der Waals surface area contributed by atoms with Crippen molar-refractivity contribution in [3.05, 3.63) is 11.6 Å². The molecule has 0 bridgehead atoms. The summed E-state index contributed by atoms with van der Waals surface area (Å²) in [5.41, 5.74) is -0.117. The molecular formula is C43H72O13. The van der Waals surface area contributed by atoms with Gasteiger partial charge in [-0.3, -0.25) is 0 Å². The minimum Gasteiger partial charge on any atom is -0.396 e. The van der Waals surface area contributed by atoms with Crippen LogP contribution in [0.15, 0.2) is 11.6 Å². The van der Waals surface area contributed by atoms with Crippen LogP contribution in [0.2, 0.25) is 0 Å². The first-order valence-electron chi connectivity index (χ1n) is 21.2. The molecule has 7 aliphatic rings. The van der Waals surface area contributed by atoms with E-state index in [0.717, 1.165) is 38.5 Å². The van der Waals surface area contributed by atoms with E-state index in [4.69, 9.17) is 23.7 Å². The maximum atomic E-state index is 12.1. The molecule has 13 nitrogen and oxygen atoms in total. The normalized spacial score (nSPS) is 55.2. The zero-order valence-corrected chi connectivity index (χ0v) is 35.0. The van der Waals surface area contributed by atoms with Crippen molar-refractivity contribution in [2.45, 2.75) is 186 Å². The number of ether oxygens (including phenoxy) is 5.